The van der Waals surface area contributed by atoms with Gasteiger partial charge in [-0.05, 0) is 36.4 Å². The second kappa shape index (κ2) is 9.53. The van der Waals surface area contributed by atoms with Gasteiger partial charge in [0, 0.05) is 38.9 Å². The predicted octanol–water partition coefficient (Wildman–Crippen LogP) is 2.83. The van der Waals surface area contributed by atoms with Crippen LogP contribution in [0, 0.1) is 0 Å². The second-order valence-corrected chi connectivity index (χ2v) is 10.9. The van der Waals surface area contributed by atoms with Gasteiger partial charge in [-0.3, -0.25) is 4.79 Å². The SMILES string of the molecule is O=C(NCCS(=O)(=O)N1CCN(c2ccccn2)CC1)c1ccc(-c2nc3ccccc3s2)o1. The maximum absolute atomic E-state index is 12.7. The summed E-state index contributed by atoms with van der Waals surface area (Å²) in [4.78, 5) is 23.4. The van der Waals surface area contributed by atoms with Gasteiger partial charge < -0.3 is 14.6 Å². The number of piperazine rings is 1. The van der Waals surface area contributed by atoms with Crippen LogP contribution in [0.15, 0.2) is 65.2 Å². The number of amides is 1. The molecule has 5 rings (SSSR count). The summed E-state index contributed by atoms with van der Waals surface area (Å²) >= 11 is 1.48. The highest BCUT2D eigenvalue weighted by molar-refractivity contribution is 7.89. The molecule has 3 aromatic heterocycles. The Balaban J connectivity index is 1.13. The molecule has 1 amide bonds. The summed E-state index contributed by atoms with van der Waals surface area (Å²) in [5.74, 6) is 0.840. The zero-order valence-electron chi connectivity index (χ0n) is 18.3. The molecule has 176 valence electrons. The Morgan fingerprint density at radius 2 is 1.82 bits per heavy atom. The fraction of sp³-hybridized carbons (Fsp3) is 0.261. The molecule has 0 bridgehead atoms. The average Bonchev–Trinajstić information content (AvgIpc) is 3.52. The third-order valence-corrected chi connectivity index (χ3v) is 8.51. The smallest absolute Gasteiger partial charge is 0.287 e. The molecule has 1 fully saturated rings. The van der Waals surface area contributed by atoms with Crippen LogP contribution in [0.25, 0.3) is 21.0 Å². The number of benzene rings is 1. The first kappa shape index (κ1) is 22.5. The van der Waals surface area contributed by atoms with Gasteiger partial charge in [0.25, 0.3) is 5.91 Å². The summed E-state index contributed by atoms with van der Waals surface area (Å²) in [6.07, 6.45) is 1.72. The van der Waals surface area contributed by atoms with E-state index in [4.69, 9.17) is 4.42 Å². The van der Waals surface area contributed by atoms with Crippen LogP contribution < -0.4 is 10.2 Å². The Kier molecular flexibility index (Phi) is 6.31. The summed E-state index contributed by atoms with van der Waals surface area (Å²) in [5, 5.41) is 3.33. The van der Waals surface area contributed by atoms with Crippen molar-refractivity contribution >= 4 is 43.3 Å². The Morgan fingerprint density at radius 3 is 2.59 bits per heavy atom. The van der Waals surface area contributed by atoms with Gasteiger partial charge in [0.1, 0.15) is 5.82 Å². The molecule has 1 aliphatic rings. The van der Waals surface area contributed by atoms with Gasteiger partial charge in [-0.25, -0.2) is 18.4 Å². The number of carbonyl (C=O) groups excluding carboxylic acids is 1. The number of hydrogen-bond acceptors (Lipinski definition) is 8. The van der Waals surface area contributed by atoms with Crippen molar-refractivity contribution < 1.29 is 17.6 Å². The number of aromatic nitrogens is 2. The van der Waals surface area contributed by atoms with Gasteiger partial charge in [0.2, 0.25) is 10.0 Å². The standard InChI is InChI=1S/C23H23N5O4S2/c29-22(18-8-9-19(32-18)23-26-17-5-1-2-6-20(17)33-23)25-11-16-34(30,31)28-14-12-27(13-15-28)21-7-3-4-10-24-21/h1-10H,11-16H2,(H,25,29). The molecule has 0 spiro atoms. The average molecular weight is 498 g/mol. The van der Waals surface area contributed by atoms with E-state index in [1.165, 1.54) is 15.6 Å². The van der Waals surface area contributed by atoms with Crippen molar-refractivity contribution in [1.29, 1.82) is 0 Å². The molecule has 11 heteroatoms. The van der Waals surface area contributed by atoms with Crippen molar-refractivity contribution in [1.82, 2.24) is 19.6 Å². The van der Waals surface area contributed by atoms with Crippen LogP contribution in [-0.4, -0.2) is 67.1 Å². The van der Waals surface area contributed by atoms with Crippen molar-refractivity contribution in [2.75, 3.05) is 43.4 Å². The monoisotopic (exact) mass is 497 g/mol. The molecule has 0 aliphatic carbocycles. The predicted molar refractivity (Wildman–Crippen MR) is 131 cm³/mol. The van der Waals surface area contributed by atoms with Crippen LogP contribution in [0.5, 0.6) is 0 Å². The molecular weight excluding hydrogens is 474 g/mol. The number of thiazole rings is 1. The molecule has 1 aromatic carbocycles. The molecule has 0 atom stereocenters. The van der Waals surface area contributed by atoms with Crippen molar-refractivity contribution in [3.05, 3.63) is 66.6 Å². The first-order chi connectivity index (χ1) is 16.5. The lowest BCUT2D eigenvalue weighted by atomic mass is 10.3. The third kappa shape index (κ3) is 4.81. The summed E-state index contributed by atoms with van der Waals surface area (Å²) in [5.41, 5.74) is 0.871. The Hall–Kier alpha value is -3.28. The Bertz CT molecular complexity index is 1360. The zero-order chi connectivity index (χ0) is 23.5. The lowest BCUT2D eigenvalue weighted by Gasteiger charge is -2.34. The number of para-hydroxylation sites is 1. The number of hydrogen-bond donors (Lipinski definition) is 1. The van der Waals surface area contributed by atoms with E-state index in [0.29, 0.717) is 36.9 Å². The highest BCUT2D eigenvalue weighted by atomic mass is 32.2. The highest BCUT2D eigenvalue weighted by Crippen LogP contribution is 2.31. The molecule has 1 aliphatic heterocycles. The van der Waals surface area contributed by atoms with Crippen LogP contribution in [-0.2, 0) is 10.0 Å². The first-order valence-electron chi connectivity index (χ1n) is 10.9. The quantitative estimate of drug-likeness (QED) is 0.418. The van der Waals surface area contributed by atoms with E-state index in [-0.39, 0.29) is 18.1 Å². The number of pyridine rings is 1. The number of nitrogens with zero attached hydrogens (tertiary/aromatic N) is 4. The minimum Gasteiger partial charge on any atom is -0.448 e. The van der Waals surface area contributed by atoms with Gasteiger partial charge >= 0.3 is 0 Å². The maximum atomic E-state index is 12.7. The summed E-state index contributed by atoms with van der Waals surface area (Å²) in [6, 6.07) is 16.7. The molecule has 9 nitrogen and oxygen atoms in total. The van der Waals surface area contributed by atoms with Crippen LogP contribution in [0.2, 0.25) is 0 Å². The minimum absolute atomic E-state index is 0.00120. The van der Waals surface area contributed by atoms with Crippen molar-refractivity contribution in [3.63, 3.8) is 0 Å². The summed E-state index contributed by atoms with van der Waals surface area (Å²) in [6.45, 7) is 1.92. The largest absolute Gasteiger partial charge is 0.448 e. The minimum atomic E-state index is -3.49. The van der Waals surface area contributed by atoms with Gasteiger partial charge in [0.05, 0.1) is 16.0 Å². The molecular formula is C23H23N5O4S2. The maximum Gasteiger partial charge on any atom is 0.287 e. The van der Waals surface area contributed by atoms with Gasteiger partial charge in [-0.15, -0.1) is 11.3 Å². The molecule has 0 radical (unpaired) electrons. The summed E-state index contributed by atoms with van der Waals surface area (Å²) < 4.78 is 33.6. The van der Waals surface area contributed by atoms with E-state index >= 15 is 0 Å². The number of carbonyl (C=O) groups is 1. The van der Waals surface area contributed by atoms with Gasteiger partial charge in [-0.2, -0.15) is 4.31 Å². The Morgan fingerprint density at radius 1 is 1.03 bits per heavy atom. The second-order valence-electron chi connectivity index (χ2n) is 7.80. The number of anilines is 1. The molecule has 0 saturated carbocycles. The van der Waals surface area contributed by atoms with Crippen LogP contribution >= 0.6 is 11.3 Å². The van der Waals surface area contributed by atoms with E-state index in [2.05, 4.69) is 20.2 Å². The van der Waals surface area contributed by atoms with Crippen LogP contribution in [0.3, 0.4) is 0 Å². The number of fused-ring (bicyclic) bond motifs is 1. The van der Waals surface area contributed by atoms with E-state index in [1.54, 1.807) is 18.3 Å². The topological polar surface area (TPSA) is 109 Å². The molecule has 34 heavy (non-hydrogen) atoms. The highest BCUT2D eigenvalue weighted by Gasteiger charge is 2.27. The van der Waals surface area contributed by atoms with E-state index in [9.17, 15) is 13.2 Å². The normalized spacial score (nSPS) is 15.0. The fourth-order valence-corrected chi connectivity index (χ4v) is 6.06. The van der Waals surface area contributed by atoms with E-state index in [0.717, 1.165) is 16.0 Å². The lowest BCUT2D eigenvalue weighted by Crippen LogP contribution is -2.50. The van der Waals surface area contributed by atoms with E-state index in [1.807, 2.05) is 42.5 Å². The van der Waals surface area contributed by atoms with Gasteiger partial charge in [0.15, 0.2) is 16.5 Å². The fourth-order valence-electron chi connectivity index (χ4n) is 3.80. The third-order valence-electron chi connectivity index (χ3n) is 5.59. The van der Waals surface area contributed by atoms with Gasteiger partial charge in [-0.1, -0.05) is 18.2 Å². The zero-order valence-corrected chi connectivity index (χ0v) is 19.9. The van der Waals surface area contributed by atoms with Crippen molar-refractivity contribution in [2.45, 2.75) is 0 Å². The van der Waals surface area contributed by atoms with Crippen molar-refractivity contribution in [2.24, 2.45) is 0 Å². The Labute approximate surface area is 201 Å². The summed E-state index contributed by atoms with van der Waals surface area (Å²) in [7, 11) is -3.49. The van der Waals surface area contributed by atoms with E-state index < -0.39 is 15.9 Å². The molecule has 1 saturated heterocycles. The van der Waals surface area contributed by atoms with Crippen molar-refractivity contribution in [3.8, 4) is 10.8 Å². The lowest BCUT2D eigenvalue weighted by molar-refractivity contribution is 0.0929. The van der Waals surface area contributed by atoms with Crippen LogP contribution in [0.4, 0.5) is 5.82 Å². The number of rotatable bonds is 7. The first-order valence-corrected chi connectivity index (χ1v) is 13.3. The van der Waals surface area contributed by atoms with Crippen LogP contribution in [0.1, 0.15) is 10.6 Å². The molecule has 0 unspecified atom stereocenters. The molecule has 4 heterocycles. The molecule has 1 N–H and O–H groups in total. The molecule has 4 aromatic rings. The number of sulfonamides is 1. The number of furan rings is 1. The number of nitrogens with one attached hydrogen (secondary N) is 1.